The molecule has 1 aromatic heterocycles. The average molecular weight is 420 g/mol. The lowest BCUT2D eigenvalue weighted by Gasteiger charge is -2.22. The summed E-state index contributed by atoms with van der Waals surface area (Å²) in [6, 6.07) is 4.80. The number of sulfonamides is 1. The van der Waals surface area contributed by atoms with Crippen LogP contribution in [-0.2, 0) is 10.0 Å². The third-order valence-electron chi connectivity index (χ3n) is 6.05. The Morgan fingerprint density at radius 3 is 2.41 bits per heavy atom. The van der Waals surface area contributed by atoms with Crippen LogP contribution in [0.3, 0.4) is 0 Å². The van der Waals surface area contributed by atoms with Crippen LogP contribution < -0.4 is 9.46 Å². The van der Waals surface area contributed by atoms with Crippen LogP contribution in [0.5, 0.6) is 5.75 Å². The smallest absolute Gasteiger partial charge is 0.240 e. The third kappa shape index (κ3) is 4.64. The highest BCUT2D eigenvalue weighted by Gasteiger charge is 2.26. The number of methoxy groups -OCH3 is 1. The van der Waals surface area contributed by atoms with Crippen LogP contribution in [0.25, 0.3) is 11.4 Å². The normalized spacial score (nSPS) is 19.3. The molecule has 29 heavy (non-hydrogen) atoms. The minimum absolute atomic E-state index is 0.00220. The molecule has 0 unspecified atom stereocenters. The standard InChI is InChI=1S/C21H29N3O4S/c1-27-19-13-12-17(29(25,26)24-16-10-6-3-7-11-16)14-18(19)20-22-21(28-23-20)15-8-4-2-5-9-15/h12-16,24H,2-11H2,1H3. The highest BCUT2D eigenvalue weighted by Crippen LogP contribution is 2.35. The average Bonchev–Trinajstić information content (AvgIpc) is 3.24. The molecular weight excluding hydrogens is 390 g/mol. The Morgan fingerprint density at radius 1 is 1.03 bits per heavy atom. The predicted octanol–water partition coefficient (Wildman–Crippen LogP) is 4.40. The van der Waals surface area contributed by atoms with Gasteiger partial charge in [0.15, 0.2) is 0 Å². The first-order valence-corrected chi connectivity index (χ1v) is 12.1. The molecular formula is C21H29N3O4S. The molecule has 1 heterocycles. The van der Waals surface area contributed by atoms with Gasteiger partial charge < -0.3 is 9.26 Å². The molecule has 2 aliphatic rings. The maximum atomic E-state index is 12.9. The predicted molar refractivity (Wildman–Crippen MR) is 109 cm³/mol. The summed E-state index contributed by atoms with van der Waals surface area (Å²) >= 11 is 0. The van der Waals surface area contributed by atoms with Crippen LogP contribution in [0.15, 0.2) is 27.6 Å². The van der Waals surface area contributed by atoms with Crippen molar-refractivity contribution < 1.29 is 17.7 Å². The largest absolute Gasteiger partial charge is 0.496 e. The Morgan fingerprint density at radius 2 is 1.72 bits per heavy atom. The lowest BCUT2D eigenvalue weighted by molar-refractivity contribution is 0.314. The molecule has 0 saturated heterocycles. The van der Waals surface area contributed by atoms with Crippen LogP contribution in [0.2, 0.25) is 0 Å². The highest BCUT2D eigenvalue weighted by molar-refractivity contribution is 7.89. The van der Waals surface area contributed by atoms with Crippen molar-refractivity contribution >= 4 is 10.0 Å². The van der Waals surface area contributed by atoms with Crippen molar-refractivity contribution in [3.05, 3.63) is 24.1 Å². The molecule has 0 bridgehead atoms. The Bertz CT molecular complexity index is 929. The van der Waals surface area contributed by atoms with E-state index in [1.807, 2.05) is 0 Å². The summed E-state index contributed by atoms with van der Waals surface area (Å²) in [6.07, 6.45) is 10.8. The highest BCUT2D eigenvalue weighted by atomic mass is 32.2. The molecule has 158 valence electrons. The Labute approximate surface area is 172 Å². The molecule has 7 nitrogen and oxygen atoms in total. The third-order valence-corrected chi connectivity index (χ3v) is 7.56. The van der Waals surface area contributed by atoms with Gasteiger partial charge in [0.25, 0.3) is 0 Å². The molecule has 8 heteroatoms. The maximum Gasteiger partial charge on any atom is 0.240 e. The summed E-state index contributed by atoms with van der Waals surface area (Å²) < 4.78 is 39.7. The van der Waals surface area contributed by atoms with Crippen LogP contribution in [0.4, 0.5) is 0 Å². The van der Waals surface area contributed by atoms with E-state index in [2.05, 4.69) is 14.9 Å². The van der Waals surface area contributed by atoms with E-state index in [4.69, 9.17) is 9.26 Å². The van der Waals surface area contributed by atoms with Gasteiger partial charge in [0.2, 0.25) is 21.7 Å². The maximum absolute atomic E-state index is 12.9. The number of rotatable bonds is 6. The quantitative estimate of drug-likeness (QED) is 0.745. The van der Waals surface area contributed by atoms with Crippen molar-refractivity contribution in [1.29, 1.82) is 0 Å². The van der Waals surface area contributed by atoms with Crippen molar-refractivity contribution in [1.82, 2.24) is 14.9 Å². The van der Waals surface area contributed by atoms with E-state index in [1.165, 1.54) is 25.7 Å². The van der Waals surface area contributed by atoms with Crippen molar-refractivity contribution in [3.8, 4) is 17.1 Å². The fourth-order valence-corrected chi connectivity index (χ4v) is 5.73. The molecule has 0 amide bonds. The molecule has 4 rings (SSSR count). The topological polar surface area (TPSA) is 94.3 Å². The minimum atomic E-state index is -3.62. The van der Waals surface area contributed by atoms with E-state index >= 15 is 0 Å². The van der Waals surface area contributed by atoms with Crippen molar-refractivity contribution in [2.24, 2.45) is 0 Å². The van der Waals surface area contributed by atoms with Crippen LogP contribution in [0.1, 0.15) is 76.0 Å². The summed E-state index contributed by atoms with van der Waals surface area (Å²) in [5.74, 6) is 1.82. The zero-order chi connectivity index (χ0) is 20.3. The number of ether oxygens (including phenoxy) is 1. The monoisotopic (exact) mass is 419 g/mol. The van der Waals surface area contributed by atoms with Gasteiger partial charge in [-0.1, -0.05) is 43.7 Å². The molecule has 1 N–H and O–H groups in total. The SMILES string of the molecule is COc1ccc(S(=O)(=O)NC2CCCCC2)cc1-c1noc(C2CCCCC2)n1. The van der Waals surface area contributed by atoms with Crippen molar-refractivity contribution in [2.75, 3.05) is 7.11 Å². The molecule has 0 atom stereocenters. The van der Waals surface area contributed by atoms with E-state index in [0.29, 0.717) is 23.0 Å². The number of hydrogen-bond acceptors (Lipinski definition) is 6. The van der Waals surface area contributed by atoms with Crippen LogP contribution >= 0.6 is 0 Å². The van der Waals surface area contributed by atoms with Gasteiger partial charge in [-0.25, -0.2) is 13.1 Å². The van der Waals surface area contributed by atoms with Gasteiger partial charge in [-0.3, -0.25) is 0 Å². The van der Waals surface area contributed by atoms with E-state index in [0.717, 1.165) is 38.5 Å². The first-order chi connectivity index (χ1) is 14.1. The van der Waals surface area contributed by atoms with Crippen molar-refractivity contribution in [2.45, 2.75) is 81.1 Å². The van der Waals surface area contributed by atoms with E-state index < -0.39 is 10.0 Å². The molecule has 0 spiro atoms. The van der Waals surface area contributed by atoms with Gasteiger partial charge in [-0.15, -0.1) is 0 Å². The fourth-order valence-electron chi connectivity index (χ4n) is 4.40. The first kappa shape index (κ1) is 20.3. The van der Waals surface area contributed by atoms with Gasteiger partial charge in [-0.2, -0.15) is 4.98 Å². The number of aromatic nitrogens is 2. The summed E-state index contributed by atoms with van der Waals surface area (Å²) in [5, 5.41) is 4.13. The van der Waals surface area contributed by atoms with Gasteiger partial charge >= 0.3 is 0 Å². The number of nitrogens with zero attached hydrogens (tertiary/aromatic N) is 2. The lowest BCUT2D eigenvalue weighted by atomic mass is 9.89. The van der Waals surface area contributed by atoms with E-state index in [-0.39, 0.29) is 16.9 Å². The Hall–Kier alpha value is -1.93. The minimum Gasteiger partial charge on any atom is -0.496 e. The second kappa shape index (κ2) is 8.83. The second-order valence-corrected chi connectivity index (χ2v) is 9.82. The number of hydrogen-bond donors (Lipinski definition) is 1. The molecule has 2 saturated carbocycles. The number of benzene rings is 1. The number of nitrogens with one attached hydrogen (secondary N) is 1. The van der Waals surface area contributed by atoms with E-state index in [1.54, 1.807) is 25.3 Å². The fraction of sp³-hybridized carbons (Fsp3) is 0.619. The zero-order valence-corrected chi connectivity index (χ0v) is 17.7. The Balaban J connectivity index is 1.61. The molecule has 1 aromatic carbocycles. The molecule has 2 fully saturated rings. The molecule has 2 aliphatic carbocycles. The van der Waals surface area contributed by atoms with Crippen LogP contribution in [-0.4, -0.2) is 31.7 Å². The van der Waals surface area contributed by atoms with Gasteiger partial charge in [0.1, 0.15) is 5.75 Å². The second-order valence-electron chi connectivity index (χ2n) is 8.11. The Kier molecular flexibility index (Phi) is 6.20. The van der Waals surface area contributed by atoms with Gasteiger partial charge in [-0.05, 0) is 43.9 Å². The first-order valence-electron chi connectivity index (χ1n) is 10.6. The zero-order valence-electron chi connectivity index (χ0n) is 16.9. The van der Waals surface area contributed by atoms with Crippen LogP contribution in [0, 0.1) is 0 Å². The van der Waals surface area contributed by atoms with Gasteiger partial charge in [0, 0.05) is 12.0 Å². The van der Waals surface area contributed by atoms with Gasteiger partial charge in [0.05, 0.1) is 17.6 Å². The summed E-state index contributed by atoms with van der Waals surface area (Å²) in [4.78, 5) is 4.78. The summed E-state index contributed by atoms with van der Waals surface area (Å²) in [6.45, 7) is 0. The van der Waals surface area contributed by atoms with Crippen molar-refractivity contribution in [3.63, 3.8) is 0 Å². The molecule has 0 radical (unpaired) electrons. The lowest BCUT2D eigenvalue weighted by Crippen LogP contribution is -2.36. The summed E-state index contributed by atoms with van der Waals surface area (Å²) in [5.41, 5.74) is 0.532. The summed E-state index contributed by atoms with van der Waals surface area (Å²) in [7, 11) is -2.07. The molecule has 0 aliphatic heterocycles. The molecule has 2 aromatic rings. The van der Waals surface area contributed by atoms with E-state index in [9.17, 15) is 8.42 Å².